The highest BCUT2D eigenvalue weighted by molar-refractivity contribution is 6.29. The van der Waals surface area contributed by atoms with Gasteiger partial charge in [0.25, 0.3) is 0 Å². The molecule has 25 heavy (non-hydrogen) atoms. The highest BCUT2D eigenvalue weighted by atomic mass is 35.5. The lowest BCUT2D eigenvalue weighted by Gasteiger charge is -2.33. The fraction of sp³-hybridized carbons (Fsp3) is 0.588. The number of aromatic carboxylic acids is 1. The topological polar surface area (TPSA) is 91.8 Å². The van der Waals surface area contributed by atoms with Crippen molar-refractivity contribution < 1.29 is 19.4 Å². The van der Waals surface area contributed by atoms with Crippen LogP contribution in [0.15, 0.2) is 12.3 Å². The molecule has 0 saturated carbocycles. The summed E-state index contributed by atoms with van der Waals surface area (Å²) in [6.07, 6.45) is 2.62. The number of hydrogen-bond donors (Lipinski definition) is 2. The Labute approximate surface area is 152 Å². The highest BCUT2D eigenvalue weighted by Crippen LogP contribution is 2.23. The number of carboxylic acids is 1. The van der Waals surface area contributed by atoms with Gasteiger partial charge < -0.3 is 20.1 Å². The van der Waals surface area contributed by atoms with Gasteiger partial charge in [-0.3, -0.25) is 0 Å². The standard InChI is InChI=1S/C17H24ClN3O4/c1-17(2,3)25-16(24)21-6-4-11(5-7-21)9-19-13-8-14(18)20-10-12(13)15(22)23/h8,10-11H,4-7,9H2,1-3H3,(H,19,20)(H,22,23). The first-order chi connectivity index (χ1) is 11.7. The van der Waals surface area contributed by atoms with E-state index in [4.69, 9.17) is 16.3 Å². The van der Waals surface area contributed by atoms with E-state index in [-0.39, 0.29) is 16.8 Å². The van der Waals surface area contributed by atoms with Gasteiger partial charge in [0.1, 0.15) is 16.3 Å². The fourth-order valence-electron chi connectivity index (χ4n) is 2.65. The van der Waals surface area contributed by atoms with Gasteiger partial charge in [-0.15, -0.1) is 0 Å². The molecule has 2 N–H and O–H groups in total. The number of piperidine rings is 1. The minimum atomic E-state index is -1.05. The molecule has 0 unspecified atom stereocenters. The second-order valence-corrected chi connectivity index (χ2v) is 7.54. The largest absolute Gasteiger partial charge is 0.478 e. The predicted molar refractivity (Wildman–Crippen MR) is 95.2 cm³/mol. The van der Waals surface area contributed by atoms with Crippen molar-refractivity contribution >= 4 is 29.4 Å². The number of carboxylic acid groups (broad SMARTS) is 1. The van der Waals surface area contributed by atoms with Gasteiger partial charge in [-0.1, -0.05) is 11.6 Å². The summed E-state index contributed by atoms with van der Waals surface area (Å²) in [5.41, 5.74) is 0.0567. The second-order valence-electron chi connectivity index (χ2n) is 7.15. The average Bonchev–Trinajstić information content (AvgIpc) is 2.51. The number of halogens is 1. The molecule has 0 spiro atoms. The summed E-state index contributed by atoms with van der Waals surface area (Å²) in [7, 11) is 0. The van der Waals surface area contributed by atoms with Crippen molar-refractivity contribution in [1.29, 1.82) is 0 Å². The monoisotopic (exact) mass is 369 g/mol. The lowest BCUT2D eigenvalue weighted by Crippen LogP contribution is -2.42. The van der Waals surface area contributed by atoms with Crippen LogP contribution in [0.2, 0.25) is 5.15 Å². The van der Waals surface area contributed by atoms with E-state index >= 15 is 0 Å². The molecule has 8 heteroatoms. The molecule has 1 aliphatic heterocycles. The molecule has 138 valence electrons. The minimum absolute atomic E-state index is 0.0931. The molecule has 1 saturated heterocycles. The molecule has 0 atom stereocenters. The van der Waals surface area contributed by atoms with Crippen molar-refractivity contribution in [2.45, 2.75) is 39.2 Å². The number of pyridine rings is 1. The normalized spacial score (nSPS) is 15.8. The Morgan fingerprint density at radius 3 is 2.60 bits per heavy atom. The third-order valence-electron chi connectivity index (χ3n) is 3.95. The van der Waals surface area contributed by atoms with Crippen molar-refractivity contribution in [3.8, 4) is 0 Å². The number of carbonyl (C=O) groups excluding carboxylic acids is 1. The van der Waals surface area contributed by atoms with Gasteiger partial charge in [-0.25, -0.2) is 14.6 Å². The van der Waals surface area contributed by atoms with E-state index < -0.39 is 11.6 Å². The number of anilines is 1. The number of ether oxygens (including phenoxy) is 1. The quantitative estimate of drug-likeness (QED) is 0.789. The predicted octanol–water partition coefficient (Wildman–Crippen LogP) is 3.49. The van der Waals surface area contributed by atoms with E-state index in [1.165, 1.54) is 12.3 Å². The maximum atomic E-state index is 12.1. The highest BCUT2D eigenvalue weighted by Gasteiger charge is 2.27. The van der Waals surface area contributed by atoms with E-state index in [9.17, 15) is 14.7 Å². The number of aromatic nitrogens is 1. The van der Waals surface area contributed by atoms with E-state index in [1.807, 2.05) is 20.8 Å². The summed E-state index contributed by atoms with van der Waals surface area (Å²) >= 11 is 5.85. The molecule has 2 heterocycles. The first kappa shape index (κ1) is 19.3. The molecule has 2 rings (SSSR count). The maximum absolute atomic E-state index is 12.1. The van der Waals surface area contributed by atoms with Crippen LogP contribution >= 0.6 is 11.6 Å². The van der Waals surface area contributed by atoms with Crippen molar-refractivity contribution in [3.05, 3.63) is 23.0 Å². The summed E-state index contributed by atoms with van der Waals surface area (Å²) in [4.78, 5) is 28.8. The lowest BCUT2D eigenvalue weighted by molar-refractivity contribution is 0.0188. The van der Waals surface area contributed by atoms with Crippen LogP contribution in [0, 0.1) is 5.92 Å². The van der Waals surface area contributed by atoms with Gasteiger partial charge >= 0.3 is 12.1 Å². The number of amides is 1. The Hall–Kier alpha value is -2.02. The van der Waals surface area contributed by atoms with E-state index in [2.05, 4.69) is 10.3 Å². The van der Waals surface area contributed by atoms with Gasteiger partial charge in [0.15, 0.2) is 0 Å². The first-order valence-electron chi connectivity index (χ1n) is 8.26. The molecule has 1 aromatic rings. The number of likely N-dealkylation sites (tertiary alicyclic amines) is 1. The van der Waals surface area contributed by atoms with Crippen LogP contribution in [-0.2, 0) is 4.74 Å². The summed E-state index contributed by atoms with van der Waals surface area (Å²) in [5.74, 6) is -0.710. The van der Waals surface area contributed by atoms with Crippen molar-refractivity contribution in [2.75, 3.05) is 25.0 Å². The van der Waals surface area contributed by atoms with Crippen LogP contribution in [-0.4, -0.2) is 52.3 Å². The van der Waals surface area contributed by atoms with Crippen LogP contribution in [0.4, 0.5) is 10.5 Å². The number of rotatable bonds is 4. The van der Waals surface area contributed by atoms with E-state index in [1.54, 1.807) is 4.90 Å². The Morgan fingerprint density at radius 1 is 1.40 bits per heavy atom. The van der Waals surface area contributed by atoms with Gasteiger partial charge in [-0.05, 0) is 45.6 Å². The number of nitrogens with zero attached hydrogens (tertiary/aromatic N) is 2. The van der Waals surface area contributed by atoms with Gasteiger partial charge in [-0.2, -0.15) is 0 Å². The van der Waals surface area contributed by atoms with Gasteiger partial charge in [0, 0.05) is 25.8 Å². The summed E-state index contributed by atoms with van der Waals surface area (Å²) in [6.45, 7) is 7.42. The second kappa shape index (κ2) is 7.91. The van der Waals surface area contributed by atoms with Crippen LogP contribution in [0.5, 0.6) is 0 Å². The summed E-state index contributed by atoms with van der Waals surface area (Å²) in [5, 5.41) is 12.6. The molecule has 1 fully saturated rings. The Balaban J connectivity index is 1.86. The van der Waals surface area contributed by atoms with Crippen molar-refractivity contribution in [1.82, 2.24) is 9.88 Å². The number of nitrogens with one attached hydrogen (secondary N) is 1. The molecule has 0 aromatic carbocycles. The zero-order valence-electron chi connectivity index (χ0n) is 14.7. The summed E-state index contributed by atoms with van der Waals surface area (Å²) in [6, 6.07) is 1.51. The van der Waals surface area contributed by atoms with Gasteiger partial charge in [0.2, 0.25) is 0 Å². The van der Waals surface area contributed by atoms with Crippen LogP contribution < -0.4 is 5.32 Å². The van der Waals surface area contributed by atoms with Gasteiger partial charge in [0.05, 0.1) is 5.69 Å². The molecule has 7 nitrogen and oxygen atoms in total. The molecule has 1 aliphatic rings. The van der Waals surface area contributed by atoms with Crippen molar-refractivity contribution in [3.63, 3.8) is 0 Å². The summed E-state index contributed by atoms with van der Waals surface area (Å²) < 4.78 is 5.38. The fourth-order valence-corrected chi connectivity index (χ4v) is 2.80. The Kier molecular flexibility index (Phi) is 6.11. The SMILES string of the molecule is CC(C)(C)OC(=O)N1CCC(CNc2cc(Cl)ncc2C(=O)O)CC1. The molecule has 0 bridgehead atoms. The maximum Gasteiger partial charge on any atom is 0.410 e. The number of carbonyl (C=O) groups is 2. The van der Waals surface area contributed by atoms with E-state index in [0.29, 0.717) is 31.2 Å². The zero-order valence-corrected chi connectivity index (χ0v) is 15.5. The molecule has 0 radical (unpaired) electrons. The smallest absolute Gasteiger partial charge is 0.410 e. The van der Waals surface area contributed by atoms with E-state index in [0.717, 1.165) is 12.8 Å². The third kappa shape index (κ3) is 5.77. The zero-order chi connectivity index (χ0) is 18.6. The van der Waals surface area contributed by atoms with Crippen LogP contribution in [0.25, 0.3) is 0 Å². The Morgan fingerprint density at radius 2 is 2.04 bits per heavy atom. The van der Waals surface area contributed by atoms with Crippen LogP contribution in [0.1, 0.15) is 44.0 Å². The first-order valence-corrected chi connectivity index (χ1v) is 8.64. The molecule has 0 aliphatic carbocycles. The molecular weight excluding hydrogens is 346 g/mol. The van der Waals surface area contributed by atoms with Crippen LogP contribution in [0.3, 0.4) is 0 Å². The molecule has 1 aromatic heterocycles. The third-order valence-corrected chi connectivity index (χ3v) is 4.16. The minimum Gasteiger partial charge on any atom is -0.478 e. The lowest BCUT2D eigenvalue weighted by atomic mass is 9.97. The van der Waals surface area contributed by atoms with Crippen molar-refractivity contribution in [2.24, 2.45) is 5.92 Å². The number of hydrogen-bond acceptors (Lipinski definition) is 5. The average molecular weight is 370 g/mol. The Bertz CT molecular complexity index is 637. The molecular formula is C17H24ClN3O4. The molecule has 1 amide bonds.